The van der Waals surface area contributed by atoms with Crippen molar-refractivity contribution in [2.75, 3.05) is 6.61 Å². The molecule has 72 valence electrons. The molecular formula is C5H5ClF4O2. The summed E-state index contributed by atoms with van der Waals surface area (Å²) >= 11 is 4.28. The minimum absolute atomic E-state index is 0.368. The third-order valence-corrected chi connectivity index (χ3v) is 1.26. The number of esters is 1. The van der Waals surface area contributed by atoms with Gasteiger partial charge in [0.1, 0.15) is 0 Å². The van der Waals surface area contributed by atoms with Crippen molar-refractivity contribution in [3.8, 4) is 0 Å². The monoisotopic (exact) mass is 208 g/mol. The molecular weight excluding hydrogens is 203 g/mol. The molecule has 0 aromatic carbocycles. The van der Waals surface area contributed by atoms with Crippen LogP contribution >= 0.6 is 11.6 Å². The quantitative estimate of drug-likeness (QED) is 0.394. The second-order valence-corrected chi connectivity index (χ2v) is 2.31. The molecule has 0 unspecified atom stereocenters. The summed E-state index contributed by atoms with van der Waals surface area (Å²) in [6, 6.07) is 0. The summed E-state index contributed by atoms with van der Waals surface area (Å²) in [4.78, 5) is 10.3. The van der Waals surface area contributed by atoms with Crippen molar-refractivity contribution in [3.63, 3.8) is 0 Å². The van der Waals surface area contributed by atoms with Gasteiger partial charge in [-0.15, -0.1) is 0 Å². The van der Waals surface area contributed by atoms with Gasteiger partial charge in [-0.1, -0.05) is 11.6 Å². The van der Waals surface area contributed by atoms with E-state index in [4.69, 9.17) is 0 Å². The van der Waals surface area contributed by atoms with E-state index in [1.807, 2.05) is 0 Å². The number of rotatable bonds is 2. The van der Waals surface area contributed by atoms with Gasteiger partial charge in [-0.3, -0.25) is 0 Å². The Morgan fingerprint density at radius 2 is 1.83 bits per heavy atom. The van der Waals surface area contributed by atoms with Gasteiger partial charge >= 0.3 is 17.3 Å². The van der Waals surface area contributed by atoms with Crippen molar-refractivity contribution in [1.82, 2.24) is 0 Å². The number of ether oxygens (including phenoxy) is 1. The molecule has 0 N–H and O–H groups in total. The van der Waals surface area contributed by atoms with Crippen LogP contribution in [-0.4, -0.2) is 23.9 Å². The highest BCUT2D eigenvalue weighted by atomic mass is 35.5. The highest BCUT2D eigenvalue weighted by Crippen LogP contribution is 2.38. The van der Waals surface area contributed by atoms with E-state index in [1.165, 1.54) is 6.92 Å². The number of carbonyl (C=O) groups excluding carboxylic acids is 1. The first kappa shape index (κ1) is 11.5. The Labute approximate surface area is 70.4 Å². The van der Waals surface area contributed by atoms with Gasteiger partial charge < -0.3 is 4.74 Å². The maximum atomic E-state index is 12.3. The van der Waals surface area contributed by atoms with Gasteiger partial charge in [-0.25, -0.2) is 9.18 Å². The molecule has 0 saturated heterocycles. The van der Waals surface area contributed by atoms with Crippen LogP contribution in [0.15, 0.2) is 0 Å². The Hall–Kier alpha value is -0.520. The van der Waals surface area contributed by atoms with Crippen molar-refractivity contribution in [1.29, 1.82) is 0 Å². The van der Waals surface area contributed by atoms with E-state index < -0.39 is 17.3 Å². The normalized spacial score (nSPS) is 16.8. The average Bonchev–Trinajstić information content (AvgIpc) is 1.85. The topological polar surface area (TPSA) is 26.3 Å². The summed E-state index contributed by atoms with van der Waals surface area (Å²) in [7, 11) is 0. The number of hydrogen-bond donors (Lipinski definition) is 0. The van der Waals surface area contributed by atoms with Crippen LogP contribution in [0.1, 0.15) is 6.92 Å². The van der Waals surface area contributed by atoms with Gasteiger partial charge in [0.2, 0.25) is 0 Å². The summed E-state index contributed by atoms with van der Waals surface area (Å²) < 4.78 is 50.9. The van der Waals surface area contributed by atoms with E-state index in [0.29, 0.717) is 0 Å². The predicted molar refractivity (Wildman–Crippen MR) is 32.4 cm³/mol. The zero-order valence-electron chi connectivity index (χ0n) is 5.91. The largest absolute Gasteiger partial charge is 0.462 e. The minimum atomic E-state index is -5.46. The van der Waals surface area contributed by atoms with Crippen LogP contribution < -0.4 is 0 Å². The molecule has 0 aromatic rings. The molecule has 2 nitrogen and oxygen atoms in total. The van der Waals surface area contributed by atoms with Crippen molar-refractivity contribution in [3.05, 3.63) is 0 Å². The fraction of sp³-hybridized carbons (Fsp3) is 0.800. The van der Waals surface area contributed by atoms with Crippen LogP contribution in [0, 0.1) is 0 Å². The van der Waals surface area contributed by atoms with Crippen molar-refractivity contribution < 1.29 is 27.1 Å². The number of carbonyl (C=O) groups is 1. The second-order valence-electron chi connectivity index (χ2n) is 1.79. The molecule has 0 aliphatic heterocycles. The van der Waals surface area contributed by atoms with Crippen LogP contribution in [0.2, 0.25) is 0 Å². The van der Waals surface area contributed by atoms with Gasteiger partial charge in [0.15, 0.2) is 0 Å². The molecule has 0 spiro atoms. The minimum Gasteiger partial charge on any atom is -0.462 e. The fourth-order valence-electron chi connectivity index (χ4n) is 0.337. The number of halogens is 5. The standard InChI is InChI=1S/C5H5ClF4O2/c1-2-12-3(11)4(6,7)5(8,9)10/h2H2,1H3/t4-/m0/s1. The molecule has 0 saturated carbocycles. The Morgan fingerprint density at radius 1 is 1.42 bits per heavy atom. The molecule has 0 aromatic heterocycles. The molecule has 0 radical (unpaired) electrons. The van der Waals surface area contributed by atoms with Gasteiger partial charge in [0.25, 0.3) is 0 Å². The Morgan fingerprint density at radius 3 is 2.08 bits per heavy atom. The molecule has 0 heterocycles. The predicted octanol–water partition coefficient (Wildman–Crippen LogP) is 2.02. The molecule has 0 aliphatic rings. The molecule has 1 atom stereocenters. The zero-order valence-corrected chi connectivity index (χ0v) is 6.67. The lowest BCUT2D eigenvalue weighted by atomic mass is 10.4. The van der Waals surface area contributed by atoms with E-state index in [2.05, 4.69) is 16.3 Å². The first-order chi connectivity index (χ1) is 5.23. The van der Waals surface area contributed by atoms with Crippen molar-refractivity contribution in [2.45, 2.75) is 18.2 Å². The SMILES string of the molecule is CCOC(=O)[C@@](F)(Cl)C(F)(F)F. The Bertz CT molecular complexity index is 177. The lowest BCUT2D eigenvalue weighted by Gasteiger charge is -2.18. The van der Waals surface area contributed by atoms with Crippen molar-refractivity contribution in [2.24, 2.45) is 0 Å². The van der Waals surface area contributed by atoms with E-state index >= 15 is 0 Å². The second kappa shape index (κ2) is 3.47. The molecule has 0 bridgehead atoms. The Kier molecular flexibility index (Phi) is 3.32. The third-order valence-electron chi connectivity index (χ3n) is 0.888. The number of hydrogen-bond acceptors (Lipinski definition) is 2. The third kappa shape index (κ3) is 2.23. The molecule has 0 rings (SSSR count). The molecule has 0 aliphatic carbocycles. The zero-order chi connectivity index (χ0) is 9.99. The Balaban J connectivity index is 4.50. The summed E-state index contributed by atoms with van der Waals surface area (Å²) in [5, 5.41) is -4.44. The summed E-state index contributed by atoms with van der Waals surface area (Å²) in [5.41, 5.74) is 0. The van der Waals surface area contributed by atoms with Crippen LogP contribution in [0.3, 0.4) is 0 Å². The maximum Gasteiger partial charge on any atom is 0.448 e. The van der Waals surface area contributed by atoms with Gasteiger partial charge in [0, 0.05) is 0 Å². The fourth-order valence-corrected chi connectivity index (χ4v) is 0.392. The molecule has 12 heavy (non-hydrogen) atoms. The van der Waals surface area contributed by atoms with E-state index in [0.717, 1.165) is 0 Å². The van der Waals surface area contributed by atoms with Crippen LogP contribution in [0.5, 0.6) is 0 Å². The summed E-state index contributed by atoms with van der Waals surface area (Å²) in [6.07, 6.45) is -5.46. The van der Waals surface area contributed by atoms with Gasteiger partial charge in [0.05, 0.1) is 6.61 Å². The van der Waals surface area contributed by atoms with Gasteiger partial charge in [-0.2, -0.15) is 13.2 Å². The maximum absolute atomic E-state index is 12.3. The summed E-state index contributed by atoms with van der Waals surface area (Å²) in [6.45, 7) is 0.870. The molecule has 0 amide bonds. The highest BCUT2D eigenvalue weighted by Gasteiger charge is 2.62. The smallest absolute Gasteiger partial charge is 0.448 e. The lowest BCUT2D eigenvalue weighted by Crippen LogP contribution is -2.44. The van der Waals surface area contributed by atoms with Crippen LogP contribution in [0.4, 0.5) is 17.6 Å². The first-order valence-electron chi connectivity index (χ1n) is 2.85. The van der Waals surface area contributed by atoms with E-state index in [-0.39, 0.29) is 6.61 Å². The highest BCUT2D eigenvalue weighted by molar-refractivity contribution is 6.33. The van der Waals surface area contributed by atoms with E-state index in [1.54, 1.807) is 0 Å². The first-order valence-corrected chi connectivity index (χ1v) is 3.23. The summed E-state index contributed by atoms with van der Waals surface area (Å²) in [5.74, 6) is -2.14. The van der Waals surface area contributed by atoms with Crippen LogP contribution in [0.25, 0.3) is 0 Å². The molecule has 7 heteroatoms. The van der Waals surface area contributed by atoms with Crippen LogP contribution in [-0.2, 0) is 9.53 Å². The molecule has 0 fully saturated rings. The number of alkyl halides is 5. The van der Waals surface area contributed by atoms with Crippen molar-refractivity contribution >= 4 is 17.6 Å². The van der Waals surface area contributed by atoms with Gasteiger partial charge in [-0.05, 0) is 6.92 Å². The lowest BCUT2D eigenvalue weighted by molar-refractivity contribution is -0.213. The van der Waals surface area contributed by atoms with E-state index in [9.17, 15) is 22.4 Å². The average molecular weight is 209 g/mol.